The van der Waals surface area contributed by atoms with E-state index >= 15 is 0 Å². The van der Waals surface area contributed by atoms with Crippen LogP contribution in [-0.2, 0) is 11.2 Å². The third kappa shape index (κ3) is 10.0. The number of nitrogens with one attached hydrogen (secondary N) is 2. The number of aliphatic imine (C=N–C) groups is 1. The summed E-state index contributed by atoms with van der Waals surface area (Å²) >= 11 is 6.06. The van der Waals surface area contributed by atoms with Crippen molar-refractivity contribution in [2.45, 2.75) is 20.3 Å². The number of hydrogen-bond donors (Lipinski definition) is 2. The Morgan fingerprint density at radius 1 is 1.35 bits per heavy atom. The minimum atomic E-state index is -0.0436. The van der Waals surface area contributed by atoms with Crippen molar-refractivity contribution in [2.24, 2.45) is 10.4 Å². The zero-order chi connectivity index (χ0) is 18.9. The summed E-state index contributed by atoms with van der Waals surface area (Å²) in [6.45, 7) is 9.44. The van der Waals surface area contributed by atoms with E-state index < -0.39 is 0 Å². The number of carbonyl (C=O) groups is 1. The Morgan fingerprint density at radius 3 is 2.62 bits per heavy atom. The maximum atomic E-state index is 11.7. The van der Waals surface area contributed by atoms with Crippen LogP contribution in [0.25, 0.3) is 0 Å². The van der Waals surface area contributed by atoms with Gasteiger partial charge in [0.15, 0.2) is 5.96 Å². The lowest BCUT2D eigenvalue weighted by molar-refractivity contribution is -0.127. The first-order chi connectivity index (χ1) is 11.7. The number of hydrogen-bond acceptors (Lipinski definition) is 2. The Labute approximate surface area is 179 Å². The van der Waals surface area contributed by atoms with Crippen molar-refractivity contribution in [2.75, 3.05) is 33.7 Å². The van der Waals surface area contributed by atoms with Crippen LogP contribution in [0.15, 0.2) is 41.9 Å². The normalized spacial score (nSPS) is 11.3. The predicted octanol–water partition coefficient (Wildman–Crippen LogP) is 3.34. The molecule has 2 N–H and O–H groups in total. The highest BCUT2D eigenvalue weighted by Gasteiger charge is 2.19. The number of guanidine groups is 1. The minimum absolute atomic E-state index is 0. The Balaban J connectivity index is 0.00000625. The summed E-state index contributed by atoms with van der Waals surface area (Å²) in [5.74, 6) is 0.562. The quantitative estimate of drug-likeness (QED) is 0.253. The van der Waals surface area contributed by atoms with Gasteiger partial charge < -0.3 is 15.5 Å². The lowest BCUT2D eigenvalue weighted by Gasteiger charge is -2.26. The molecule has 26 heavy (non-hydrogen) atoms. The van der Waals surface area contributed by atoms with Gasteiger partial charge in [0.2, 0.25) is 5.91 Å². The van der Waals surface area contributed by atoms with Crippen LogP contribution < -0.4 is 10.6 Å². The van der Waals surface area contributed by atoms with Crippen molar-refractivity contribution in [1.82, 2.24) is 15.5 Å². The van der Waals surface area contributed by atoms with Crippen molar-refractivity contribution >= 4 is 47.4 Å². The van der Waals surface area contributed by atoms with E-state index in [0.717, 1.165) is 11.4 Å². The average Bonchev–Trinajstić information content (AvgIpc) is 2.53. The fraction of sp³-hybridized carbons (Fsp3) is 0.474. The van der Waals surface area contributed by atoms with Crippen LogP contribution in [0.1, 0.15) is 19.4 Å². The van der Waals surface area contributed by atoms with E-state index in [9.17, 15) is 4.79 Å². The highest BCUT2D eigenvalue weighted by molar-refractivity contribution is 14.0. The lowest BCUT2D eigenvalue weighted by Crippen LogP contribution is -2.43. The SMILES string of the molecule is C=CCNC(=NCC(=O)N(C)C)NCC(C)(C)Cc1cccc(Cl)c1.I. The summed E-state index contributed by atoms with van der Waals surface area (Å²) in [5, 5.41) is 7.20. The van der Waals surface area contributed by atoms with Crippen molar-refractivity contribution < 1.29 is 4.79 Å². The van der Waals surface area contributed by atoms with Crippen LogP contribution in [0.4, 0.5) is 0 Å². The second-order valence-corrected chi connectivity index (χ2v) is 7.38. The molecule has 146 valence electrons. The van der Waals surface area contributed by atoms with Crippen LogP contribution in [0, 0.1) is 5.41 Å². The molecule has 0 saturated heterocycles. The molecule has 5 nitrogen and oxygen atoms in total. The predicted molar refractivity (Wildman–Crippen MR) is 122 cm³/mol. The molecule has 0 aliphatic heterocycles. The van der Waals surface area contributed by atoms with Gasteiger partial charge in [-0.15, -0.1) is 30.6 Å². The first-order valence-corrected chi connectivity index (χ1v) is 8.69. The first-order valence-electron chi connectivity index (χ1n) is 8.31. The molecule has 0 heterocycles. The van der Waals surface area contributed by atoms with Crippen LogP contribution in [-0.4, -0.2) is 50.5 Å². The van der Waals surface area contributed by atoms with E-state index in [1.54, 1.807) is 20.2 Å². The van der Waals surface area contributed by atoms with Gasteiger partial charge in [-0.3, -0.25) is 4.79 Å². The highest BCUT2D eigenvalue weighted by Crippen LogP contribution is 2.22. The van der Waals surface area contributed by atoms with E-state index in [-0.39, 0.29) is 41.8 Å². The van der Waals surface area contributed by atoms with Crippen LogP contribution in [0.5, 0.6) is 0 Å². The van der Waals surface area contributed by atoms with Gasteiger partial charge in [-0.25, -0.2) is 4.99 Å². The highest BCUT2D eigenvalue weighted by atomic mass is 127. The van der Waals surface area contributed by atoms with Crippen molar-refractivity contribution in [1.29, 1.82) is 0 Å². The van der Waals surface area contributed by atoms with E-state index in [0.29, 0.717) is 19.0 Å². The maximum absolute atomic E-state index is 11.7. The smallest absolute Gasteiger partial charge is 0.243 e. The largest absolute Gasteiger partial charge is 0.356 e. The fourth-order valence-electron chi connectivity index (χ4n) is 2.22. The minimum Gasteiger partial charge on any atom is -0.356 e. The molecule has 0 unspecified atom stereocenters. The molecule has 0 fully saturated rings. The second-order valence-electron chi connectivity index (χ2n) is 6.95. The van der Waals surface area contributed by atoms with Gasteiger partial charge in [-0.1, -0.05) is 43.7 Å². The molecule has 0 spiro atoms. The maximum Gasteiger partial charge on any atom is 0.243 e. The molecule has 1 amide bonds. The summed E-state index contributed by atoms with van der Waals surface area (Å²) < 4.78 is 0. The topological polar surface area (TPSA) is 56.7 Å². The molecule has 7 heteroatoms. The summed E-state index contributed by atoms with van der Waals surface area (Å²) in [7, 11) is 3.44. The zero-order valence-corrected chi connectivity index (χ0v) is 19.1. The molecular weight excluding hydrogens is 463 g/mol. The van der Waals surface area contributed by atoms with Crippen molar-refractivity contribution in [3.63, 3.8) is 0 Å². The zero-order valence-electron chi connectivity index (χ0n) is 16.0. The fourth-order valence-corrected chi connectivity index (χ4v) is 2.43. The van der Waals surface area contributed by atoms with Crippen LogP contribution >= 0.6 is 35.6 Å². The molecule has 0 atom stereocenters. The van der Waals surface area contributed by atoms with E-state index in [2.05, 4.69) is 42.1 Å². The summed E-state index contributed by atoms with van der Waals surface area (Å²) in [6.07, 6.45) is 2.63. The number of carbonyl (C=O) groups excluding carboxylic acids is 1. The van der Waals surface area contributed by atoms with E-state index in [4.69, 9.17) is 11.6 Å². The van der Waals surface area contributed by atoms with Gasteiger partial charge in [-0.05, 0) is 29.5 Å². The van der Waals surface area contributed by atoms with Gasteiger partial charge in [0.05, 0.1) is 0 Å². The molecule has 1 rings (SSSR count). The molecule has 0 radical (unpaired) electrons. The Morgan fingerprint density at radius 2 is 2.04 bits per heavy atom. The van der Waals surface area contributed by atoms with Gasteiger partial charge in [0.1, 0.15) is 6.54 Å². The molecule has 0 aliphatic rings. The molecule has 1 aromatic rings. The first kappa shape index (κ1) is 24.7. The van der Waals surface area contributed by atoms with Gasteiger partial charge in [0.25, 0.3) is 0 Å². The molecular formula is C19H30ClIN4O. The number of nitrogens with zero attached hydrogens (tertiary/aromatic N) is 2. The van der Waals surface area contributed by atoms with Crippen molar-refractivity contribution in [3.8, 4) is 0 Å². The van der Waals surface area contributed by atoms with Gasteiger partial charge in [0, 0.05) is 32.2 Å². The number of rotatable bonds is 8. The van der Waals surface area contributed by atoms with Crippen LogP contribution in [0.3, 0.4) is 0 Å². The summed E-state index contributed by atoms with van der Waals surface area (Å²) in [4.78, 5) is 17.6. The summed E-state index contributed by atoms with van der Waals surface area (Å²) in [6, 6.07) is 7.91. The number of amides is 1. The lowest BCUT2D eigenvalue weighted by atomic mass is 9.86. The van der Waals surface area contributed by atoms with Gasteiger partial charge >= 0.3 is 0 Å². The molecule has 0 aliphatic carbocycles. The third-order valence-corrected chi connectivity index (χ3v) is 3.83. The number of likely N-dealkylation sites (N-methyl/N-ethyl adjacent to an activating group) is 1. The Kier molecular flexibility index (Phi) is 11.6. The van der Waals surface area contributed by atoms with Gasteiger partial charge in [-0.2, -0.15) is 0 Å². The average molecular weight is 493 g/mol. The standard InChI is InChI=1S/C19H29ClN4O.HI/c1-6-10-21-18(22-13-17(25)24(4)5)23-14-19(2,3)12-15-8-7-9-16(20)11-15;/h6-9,11H,1,10,12-14H2,2-5H3,(H2,21,22,23);1H. The molecule has 1 aromatic carbocycles. The third-order valence-electron chi connectivity index (χ3n) is 3.59. The molecule has 0 saturated carbocycles. The van der Waals surface area contributed by atoms with E-state index in [1.807, 2.05) is 18.2 Å². The Bertz CT molecular complexity index is 617. The number of halogens is 2. The summed E-state index contributed by atoms with van der Waals surface area (Å²) in [5.41, 5.74) is 1.19. The second kappa shape index (κ2) is 12.2. The monoisotopic (exact) mass is 492 g/mol. The molecule has 0 bridgehead atoms. The number of benzene rings is 1. The molecule has 0 aromatic heterocycles. The van der Waals surface area contributed by atoms with Crippen LogP contribution in [0.2, 0.25) is 5.02 Å². The Hall–Kier alpha value is -1.28. The van der Waals surface area contributed by atoms with E-state index in [1.165, 1.54) is 10.5 Å². The van der Waals surface area contributed by atoms with Crippen molar-refractivity contribution in [3.05, 3.63) is 47.5 Å².